The normalized spacial score (nSPS) is 17.9. The molecular formula is C28H28N6O5S. The molecule has 40 heavy (non-hydrogen) atoms. The molecule has 5 rings (SSSR count). The van der Waals surface area contributed by atoms with E-state index >= 15 is 0 Å². The largest absolute Gasteiger partial charge is 0.457 e. The lowest BCUT2D eigenvalue weighted by Crippen LogP contribution is -2.47. The zero-order chi connectivity index (χ0) is 28.0. The number of aliphatic imine (C=N–C) groups is 1. The molecule has 1 atom stereocenters. The second-order valence-electron chi connectivity index (χ2n) is 9.26. The number of carbonyl (C=O) groups is 2. The van der Waals surface area contributed by atoms with E-state index < -0.39 is 11.8 Å². The molecule has 3 aromatic rings. The topological polar surface area (TPSA) is 151 Å². The number of ether oxygens (including phenoxy) is 3. The molecule has 11 nitrogen and oxygen atoms in total. The number of nitrogens with one attached hydrogen (secondary N) is 2. The van der Waals surface area contributed by atoms with E-state index in [1.807, 2.05) is 54.6 Å². The highest BCUT2D eigenvalue weighted by Gasteiger charge is 2.52. The summed E-state index contributed by atoms with van der Waals surface area (Å²) in [7, 11) is 0. The fourth-order valence-electron chi connectivity index (χ4n) is 4.60. The van der Waals surface area contributed by atoms with Gasteiger partial charge < -0.3 is 35.5 Å². The molecule has 0 saturated carbocycles. The van der Waals surface area contributed by atoms with E-state index in [1.54, 1.807) is 17.6 Å². The molecule has 2 aliphatic rings. The van der Waals surface area contributed by atoms with Crippen LogP contribution in [0.4, 0.5) is 5.69 Å². The number of carbonyl (C=O) groups excluding carboxylic acids is 2. The van der Waals surface area contributed by atoms with Gasteiger partial charge in [0.1, 0.15) is 23.4 Å². The Morgan fingerprint density at radius 2 is 1.88 bits per heavy atom. The number of thiophene rings is 1. The third-order valence-electron chi connectivity index (χ3n) is 6.56. The zero-order valence-corrected chi connectivity index (χ0v) is 22.4. The highest BCUT2D eigenvalue weighted by atomic mass is 32.1. The second kappa shape index (κ2) is 12.2. The Hall–Kier alpha value is -4.44. The zero-order valence-electron chi connectivity index (χ0n) is 21.5. The third kappa shape index (κ3) is 6.40. The number of para-hydroxylation sites is 1. The lowest BCUT2D eigenvalue weighted by atomic mass is 10.1. The highest BCUT2D eigenvalue weighted by Crippen LogP contribution is 2.35. The second-order valence-corrected chi connectivity index (χ2v) is 10.3. The average molecular weight is 561 g/mol. The van der Waals surface area contributed by atoms with Gasteiger partial charge in [-0.1, -0.05) is 18.2 Å². The monoisotopic (exact) mass is 560 g/mol. The number of benzene rings is 2. The van der Waals surface area contributed by atoms with E-state index in [0.29, 0.717) is 24.5 Å². The first-order chi connectivity index (χ1) is 19.4. The summed E-state index contributed by atoms with van der Waals surface area (Å²) in [5.74, 6) is -0.00712. The molecule has 2 aliphatic heterocycles. The number of hydrogen-bond donors (Lipinski definition) is 3. The maximum atomic E-state index is 13.3. The van der Waals surface area contributed by atoms with Crippen molar-refractivity contribution >= 4 is 34.7 Å². The van der Waals surface area contributed by atoms with E-state index in [0.717, 1.165) is 16.3 Å². The quantitative estimate of drug-likeness (QED) is 0.205. The molecule has 0 radical (unpaired) electrons. The number of nitrogens with two attached hydrogens (primary N) is 1. The van der Waals surface area contributed by atoms with E-state index in [1.165, 1.54) is 16.2 Å². The number of anilines is 1. The lowest BCUT2D eigenvalue weighted by Gasteiger charge is -2.24. The maximum Gasteiger partial charge on any atom is 0.243 e. The van der Waals surface area contributed by atoms with Crippen LogP contribution in [0.5, 0.6) is 11.5 Å². The predicted octanol–water partition coefficient (Wildman–Crippen LogP) is 2.80. The van der Waals surface area contributed by atoms with Crippen LogP contribution in [0, 0.1) is 11.5 Å². The van der Waals surface area contributed by atoms with Gasteiger partial charge >= 0.3 is 0 Å². The molecule has 0 bridgehead atoms. The molecule has 0 unspecified atom stereocenters. The summed E-state index contributed by atoms with van der Waals surface area (Å²) in [6.07, 6.45) is 1.90. The summed E-state index contributed by atoms with van der Waals surface area (Å²) in [5, 5.41) is 16.5. The fraction of sp³-hybridized carbons (Fsp3) is 0.286. The van der Waals surface area contributed by atoms with Crippen LogP contribution in [0.3, 0.4) is 0 Å². The van der Waals surface area contributed by atoms with Crippen molar-refractivity contribution in [1.29, 1.82) is 5.26 Å². The Balaban J connectivity index is 1.19. The van der Waals surface area contributed by atoms with Gasteiger partial charge in [0.05, 0.1) is 32.8 Å². The van der Waals surface area contributed by atoms with Crippen LogP contribution in [0.25, 0.3) is 0 Å². The molecule has 2 saturated heterocycles. The smallest absolute Gasteiger partial charge is 0.243 e. The van der Waals surface area contributed by atoms with Crippen LogP contribution >= 0.6 is 11.3 Å². The van der Waals surface area contributed by atoms with Gasteiger partial charge in [0.2, 0.25) is 18.0 Å². The average Bonchev–Trinajstić information content (AvgIpc) is 3.73. The van der Waals surface area contributed by atoms with Crippen LogP contribution in [0.1, 0.15) is 16.9 Å². The van der Waals surface area contributed by atoms with E-state index in [-0.39, 0.29) is 43.7 Å². The first kappa shape index (κ1) is 27.1. The Morgan fingerprint density at radius 3 is 2.60 bits per heavy atom. The first-order valence-electron chi connectivity index (χ1n) is 12.7. The van der Waals surface area contributed by atoms with Gasteiger partial charge in [-0.2, -0.15) is 10.3 Å². The molecule has 0 aliphatic carbocycles. The molecule has 12 heteroatoms. The number of nitrogens with zero attached hydrogens (tertiary/aromatic N) is 3. The van der Waals surface area contributed by atoms with Crippen molar-refractivity contribution in [3.63, 3.8) is 0 Å². The molecule has 206 valence electrons. The molecule has 1 aromatic heterocycles. The summed E-state index contributed by atoms with van der Waals surface area (Å²) in [4.78, 5) is 32.4. The lowest BCUT2D eigenvalue weighted by molar-refractivity contribution is -0.151. The minimum Gasteiger partial charge on any atom is -0.457 e. The van der Waals surface area contributed by atoms with Crippen molar-refractivity contribution < 1.29 is 23.8 Å². The van der Waals surface area contributed by atoms with Gasteiger partial charge in [0, 0.05) is 27.9 Å². The fourth-order valence-corrected chi connectivity index (χ4v) is 5.42. The van der Waals surface area contributed by atoms with Gasteiger partial charge in [0.25, 0.3) is 0 Å². The van der Waals surface area contributed by atoms with E-state index in [9.17, 15) is 9.59 Å². The van der Waals surface area contributed by atoms with Crippen molar-refractivity contribution in [2.45, 2.75) is 24.8 Å². The van der Waals surface area contributed by atoms with Crippen LogP contribution in [-0.4, -0.2) is 60.7 Å². The van der Waals surface area contributed by atoms with Crippen molar-refractivity contribution in [1.82, 2.24) is 10.2 Å². The summed E-state index contributed by atoms with van der Waals surface area (Å²) in [5.41, 5.74) is 7.12. The number of hydrogen-bond acceptors (Lipinski definition) is 9. The van der Waals surface area contributed by atoms with Crippen LogP contribution in [0.15, 0.2) is 71.0 Å². The van der Waals surface area contributed by atoms with Crippen molar-refractivity contribution in [2.75, 3.05) is 31.6 Å². The Labute approximate surface area is 235 Å². The predicted molar refractivity (Wildman–Crippen MR) is 149 cm³/mol. The maximum absolute atomic E-state index is 13.3. The molecular weight excluding hydrogens is 532 g/mol. The Morgan fingerprint density at radius 1 is 1.15 bits per heavy atom. The third-order valence-corrected chi connectivity index (χ3v) is 7.50. The number of rotatable bonds is 9. The molecule has 3 heterocycles. The highest BCUT2D eigenvalue weighted by molar-refractivity contribution is 7.10. The minimum atomic E-state index is -0.980. The van der Waals surface area contributed by atoms with Crippen LogP contribution in [0.2, 0.25) is 0 Å². The summed E-state index contributed by atoms with van der Waals surface area (Å²) in [6, 6.07) is 17.8. The Kier molecular flexibility index (Phi) is 8.26. The summed E-state index contributed by atoms with van der Waals surface area (Å²) >= 11 is 1.39. The molecule has 4 N–H and O–H groups in total. The van der Waals surface area contributed by atoms with Gasteiger partial charge in [0.15, 0.2) is 5.79 Å². The van der Waals surface area contributed by atoms with Crippen LogP contribution in [-0.2, 0) is 25.6 Å². The van der Waals surface area contributed by atoms with E-state index in [2.05, 4.69) is 15.6 Å². The van der Waals surface area contributed by atoms with Gasteiger partial charge in [-0.3, -0.25) is 9.59 Å². The number of amidine groups is 1. The molecule has 2 amide bonds. The SMILES string of the molecule is N#CN=C(N)c1csc(CNC(=O)[C@@H]2CC3(CN2C(=O)CNc2ccc(Oc4ccccc4)cc2)OCCO3)c1. The standard InChI is InChI=1S/C28H28N6O5S/c29-18-33-26(30)19-12-23(40-16-19)14-32-27(36)24-13-28(37-10-11-38-28)17-34(24)25(35)15-31-20-6-8-22(9-7-20)39-21-4-2-1-3-5-21/h1-9,12,16,24,31H,10-11,13-15,17H2,(H2,30,33)(H,32,36)/t24-/m0/s1. The number of likely N-dealkylation sites (tertiary alicyclic amines) is 1. The molecule has 1 spiro atoms. The van der Waals surface area contributed by atoms with Gasteiger partial charge in [-0.05, 0) is 42.5 Å². The van der Waals surface area contributed by atoms with E-state index in [4.69, 9.17) is 25.2 Å². The number of amides is 2. The van der Waals surface area contributed by atoms with Crippen LogP contribution < -0.4 is 21.1 Å². The van der Waals surface area contributed by atoms with Crippen molar-refractivity contribution in [2.24, 2.45) is 10.7 Å². The Bertz CT molecular complexity index is 1410. The summed E-state index contributed by atoms with van der Waals surface area (Å²) in [6.45, 7) is 1.22. The van der Waals surface area contributed by atoms with Gasteiger partial charge in [-0.15, -0.1) is 11.3 Å². The first-order valence-corrected chi connectivity index (χ1v) is 13.5. The van der Waals surface area contributed by atoms with Crippen molar-refractivity contribution in [3.05, 3.63) is 76.5 Å². The molecule has 2 fully saturated rings. The molecule has 2 aromatic carbocycles. The number of nitriles is 1. The van der Waals surface area contributed by atoms with Gasteiger partial charge in [-0.25, -0.2) is 0 Å². The van der Waals surface area contributed by atoms with Crippen molar-refractivity contribution in [3.8, 4) is 17.7 Å². The summed E-state index contributed by atoms with van der Waals surface area (Å²) < 4.78 is 17.5. The minimum absolute atomic E-state index is 0.00939.